The maximum Gasteiger partial charge on any atom is 0.157 e. The molecule has 0 amide bonds. The van der Waals surface area contributed by atoms with Gasteiger partial charge in [0.1, 0.15) is 0 Å². The maximum atomic E-state index is 4.88. The average molecular weight is 268 g/mol. The number of amidine groups is 1. The number of hydrogen-bond acceptors (Lipinski definition) is 3. The molecule has 2 aliphatic rings. The highest BCUT2D eigenvalue weighted by atomic mass is 32.2. The Morgan fingerprint density at radius 3 is 2.50 bits per heavy atom. The minimum atomic E-state index is 0.535. The molecule has 1 saturated carbocycles. The Hall–Kier alpha value is -0.180. The van der Waals surface area contributed by atoms with Crippen molar-refractivity contribution in [1.82, 2.24) is 5.32 Å². The third-order valence-corrected chi connectivity index (χ3v) is 5.35. The van der Waals surface area contributed by atoms with E-state index in [0.29, 0.717) is 18.0 Å². The minimum absolute atomic E-state index is 0.535. The van der Waals surface area contributed by atoms with Crippen LogP contribution in [0.5, 0.6) is 0 Å². The lowest BCUT2D eigenvalue weighted by molar-refractivity contribution is 0.302. The first kappa shape index (κ1) is 14.2. The number of aliphatic imine (C=N–C) groups is 1. The molecule has 0 saturated heterocycles. The van der Waals surface area contributed by atoms with Crippen LogP contribution in [-0.2, 0) is 0 Å². The number of rotatable bonds is 3. The summed E-state index contributed by atoms with van der Waals surface area (Å²) in [6.45, 7) is 6.91. The molecule has 0 spiro atoms. The van der Waals surface area contributed by atoms with Gasteiger partial charge in [-0.15, -0.1) is 0 Å². The van der Waals surface area contributed by atoms with E-state index >= 15 is 0 Å². The molecular formula is C15H28N2S. The second-order valence-corrected chi connectivity index (χ2v) is 7.30. The first-order valence-electron chi connectivity index (χ1n) is 7.64. The summed E-state index contributed by atoms with van der Waals surface area (Å²) in [6, 6.07) is 1.13. The Bertz CT molecular complexity index is 282. The summed E-state index contributed by atoms with van der Waals surface area (Å²) in [6.07, 6.45) is 8.33. The van der Waals surface area contributed by atoms with Crippen LogP contribution >= 0.6 is 11.8 Å². The lowest BCUT2D eigenvalue weighted by Crippen LogP contribution is -2.39. The number of thioether (sulfide) groups is 1. The molecule has 3 heteroatoms. The van der Waals surface area contributed by atoms with Gasteiger partial charge in [-0.2, -0.15) is 0 Å². The molecular weight excluding hydrogens is 240 g/mol. The summed E-state index contributed by atoms with van der Waals surface area (Å²) in [4.78, 5) is 4.88. The van der Waals surface area contributed by atoms with Crippen molar-refractivity contribution in [2.24, 2.45) is 16.8 Å². The Morgan fingerprint density at radius 1 is 1.11 bits per heavy atom. The fourth-order valence-electron chi connectivity index (χ4n) is 3.04. The van der Waals surface area contributed by atoms with Crippen LogP contribution in [0, 0.1) is 11.8 Å². The van der Waals surface area contributed by atoms with Crippen molar-refractivity contribution in [3.63, 3.8) is 0 Å². The van der Waals surface area contributed by atoms with Gasteiger partial charge >= 0.3 is 0 Å². The van der Waals surface area contributed by atoms with E-state index in [1.165, 1.54) is 49.4 Å². The van der Waals surface area contributed by atoms with Gasteiger partial charge in [-0.3, -0.25) is 4.99 Å². The lowest BCUT2D eigenvalue weighted by atomic mass is 9.85. The number of hydrogen-bond donors (Lipinski definition) is 1. The molecule has 104 valence electrons. The van der Waals surface area contributed by atoms with Crippen LogP contribution in [0.4, 0.5) is 0 Å². The van der Waals surface area contributed by atoms with Crippen LogP contribution in [0.25, 0.3) is 0 Å². The van der Waals surface area contributed by atoms with Gasteiger partial charge in [-0.1, -0.05) is 44.9 Å². The first-order valence-corrected chi connectivity index (χ1v) is 8.62. The van der Waals surface area contributed by atoms with Crippen molar-refractivity contribution in [2.45, 2.75) is 71.4 Å². The van der Waals surface area contributed by atoms with E-state index in [-0.39, 0.29) is 0 Å². The van der Waals surface area contributed by atoms with Crippen LogP contribution in [0.3, 0.4) is 0 Å². The fourth-order valence-corrected chi connectivity index (χ4v) is 4.07. The van der Waals surface area contributed by atoms with Crippen molar-refractivity contribution >= 4 is 16.9 Å². The Kier molecular flexibility index (Phi) is 5.40. The third-order valence-electron chi connectivity index (χ3n) is 4.41. The smallest absolute Gasteiger partial charge is 0.157 e. The SMILES string of the molecule is CC(C)C1CCSC(NC(C)C2CCCCC2)=N1. The molecule has 1 aliphatic heterocycles. The molecule has 2 atom stereocenters. The predicted octanol–water partition coefficient (Wildman–Crippen LogP) is 4.06. The van der Waals surface area contributed by atoms with Crippen LogP contribution in [0.1, 0.15) is 59.3 Å². The van der Waals surface area contributed by atoms with Gasteiger partial charge in [0.05, 0.1) is 6.04 Å². The van der Waals surface area contributed by atoms with Gasteiger partial charge in [0.15, 0.2) is 5.17 Å². The molecule has 18 heavy (non-hydrogen) atoms. The van der Waals surface area contributed by atoms with Crippen molar-refractivity contribution < 1.29 is 0 Å². The average Bonchev–Trinajstić information content (AvgIpc) is 2.40. The van der Waals surface area contributed by atoms with Gasteiger partial charge in [0.25, 0.3) is 0 Å². The molecule has 1 N–H and O–H groups in total. The molecule has 0 aromatic carbocycles. The highest BCUT2D eigenvalue weighted by Crippen LogP contribution is 2.28. The van der Waals surface area contributed by atoms with E-state index in [2.05, 4.69) is 26.1 Å². The van der Waals surface area contributed by atoms with Crippen LogP contribution < -0.4 is 5.32 Å². The van der Waals surface area contributed by atoms with Crippen LogP contribution in [0.2, 0.25) is 0 Å². The Labute approximate surface area is 116 Å². The molecule has 1 heterocycles. The molecule has 2 rings (SSSR count). The van der Waals surface area contributed by atoms with Gasteiger partial charge in [-0.05, 0) is 38.0 Å². The minimum Gasteiger partial charge on any atom is -0.362 e. The standard InChI is InChI=1S/C15H28N2S/c1-11(2)14-9-10-18-15(17-14)16-12(3)13-7-5-4-6-8-13/h11-14H,4-10H2,1-3H3,(H,16,17). The zero-order chi connectivity index (χ0) is 13.0. The Balaban J connectivity index is 1.87. The highest BCUT2D eigenvalue weighted by Gasteiger charge is 2.23. The molecule has 1 aliphatic carbocycles. The van der Waals surface area contributed by atoms with Crippen molar-refractivity contribution in [1.29, 1.82) is 0 Å². The summed E-state index contributed by atoms with van der Waals surface area (Å²) in [7, 11) is 0. The summed E-state index contributed by atoms with van der Waals surface area (Å²) in [5.41, 5.74) is 0. The van der Waals surface area contributed by atoms with Gasteiger partial charge < -0.3 is 5.32 Å². The molecule has 1 fully saturated rings. The van der Waals surface area contributed by atoms with E-state index in [0.717, 1.165) is 5.92 Å². The van der Waals surface area contributed by atoms with E-state index < -0.39 is 0 Å². The predicted molar refractivity (Wildman–Crippen MR) is 82.3 cm³/mol. The summed E-state index contributed by atoms with van der Waals surface area (Å²) < 4.78 is 0. The molecule has 0 aromatic heterocycles. The lowest BCUT2D eigenvalue weighted by Gasteiger charge is -2.31. The topological polar surface area (TPSA) is 24.4 Å². The van der Waals surface area contributed by atoms with Crippen molar-refractivity contribution in [3.05, 3.63) is 0 Å². The van der Waals surface area contributed by atoms with E-state index in [4.69, 9.17) is 4.99 Å². The monoisotopic (exact) mass is 268 g/mol. The summed E-state index contributed by atoms with van der Waals surface area (Å²) in [5.74, 6) is 2.76. The normalized spacial score (nSPS) is 28.0. The molecule has 0 radical (unpaired) electrons. The number of nitrogens with zero attached hydrogens (tertiary/aromatic N) is 1. The van der Waals surface area contributed by atoms with Crippen LogP contribution in [-0.4, -0.2) is 23.0 Å². The van der Waals surface area contributed by atoms with Gasteiger partial charge in [0, 0.05) is 11.8 Å². The second-order valence-electron chi connectivity index (χ2n) is 6.21. The maximum absolute atomic E-state index is 4.88. The molecule has 0 aromatic rings. The molecule has 2 nitrogen and oxygen atoms in total. The number of nitrogens with one attached hydrogen (secondary N) is 1. The quantitative estimate of drug-likeness (QED) is 0.834. The van der Waals surface area contributed by atoms with Gasteiger partial charge in [-0.25, -0.2) is 0 Å². The summed E-state index contributed by atoms with van der Waals surface area (Å²) >= 11 is 1.92. The van der Waals surface area contributed by atoms with E-state index in [1.807, 2.05) is 11.8 Å². The third kappa shape index (κ3) is 3.91. The highest BCUT2D eigenvalue weighted by molar-refractivity contribution is 8.13. The molecule has 0 bridgehead atoms. The second kappa shape index (κ2) is 6.83. The fraction of sp³-hybridized carbons (Fsp3) is 0.933. The van der Waals surface area contributed by atoms with E-state index in [9.17, 15) is 0 Å². The van der Waals surface area contributed by atoms with Crippen LogP contribution in [0.15, 0.2) is 4.99 Å². The zero-order valence-corrected chi connectivity index (χ0v) is 12.9. The first-order chi connectivity index (χ1) is 8.66. The zero-order valence-electron chi connectivity index (χ0n) is 12.1. The largest absolute Gasteiger partial charge is 0.362 e. The van der Waals surface area contributed by atoms with Crippen molar-refractivity contribution in [2.75, 3.05) is 5.75 Å². The Morgan fingerprint density at radius 2 is 1.83 bits per heavy atom. The van der Waals surface area contributed by atoms with Crippen molar-refractivity contribution in [3.8, 4) is 0 Å². The van der Waals surface area contributed by atoms with E-state index in [1.54, 1.807) is 0 Å². The molecule has 2 unspecified atom stereocenters. The summed E-state index contributed by atoms with van der Waals surface area (Å²) in [5, 5.41) is 4.89. The van der Waals surface area contributed by atoms with Gasteiger partial charge in [0.2, 0.25) is 0 Å².